The zero-order valence-corrected chi connectivity index (χ0v) is 10.9. The molecule has 0 fully saturated rings. The molecule has 0 spiro atoms. The Morgan fingerprint density at radius 2 is 2.12 bits per heavy atom. The van der Waals surface area contributed by atoms with Crippen molar-refractivity contribution < 1.29 is 4.79 Å². The van der Waals surface area contributed by atoms with Crippen molar-refractivity contribution in [1.82, 2.24) is 10.2 Å². The predicted octanol–water partition coefficient (Wildman–Crippen LogP) is 2.19. The minimum atomic E-state index is 0.0179. The molecular weight excluding hydrogens is 232 g/mol. The van der Waals surface area contributed by atoms with Crippen LogP contribution in [0.15, 0.2) is 29.6 Å². The molecule has 1 aromatic carbocycles. The number of carbonyl (C=O) groups is 1. The molecule has 0 aliphatic rings. The highest BCUT2D eigenvalue weighted by molar-refractivity contribution is 7.17. The van der Waals surface area contributed by atoms with Gasteiger partial charge in [0.05, 0.1) is 5.56 Å². The molecular formula is C13H16N2OS. The molecule has 1 heterocycles. The zero-order chi connectivity index (χ0) is 12.3. The normalized spacial score (nSPS) is 11.0. The first-order chi connectivity index (χ1) is 8.18. The maximum Gasteiger partial charge on any atom is 0.252 e. The van der Waals surface area contributed by atoms with Gasteiger partial charge >= 0.3 is 0 Å². The quantitative estimate of drug-likeness (QED) is 0.899. The maximum atomic E-state index is 12.0. The molecule has 0 atom stereocenters. The van der Waals surface area contributed by atoms with Crippen molar-refractivity contribution in [2.24, 2.45) is 0 Å². The second-order valence-electron chi connectivity index (χ2n) is 4.20. The first-order valence-corrected chi connectivity index (χ1v) is 6.45. The monoisotopic (exact) mass is 248 g/mol. The van der Waals surface area contributed by atoms with E-state index in [1.807, 2.05) is 48.6 Å². The van der Waals surface area contributed by atoms with Crippen LogP contribution in [0.2, 0.25) is 0 Å². The molecule has 0 saturated carbocycles. The number of amides is 1. The SMILES string of the molecule is CN(C)CCNC(=O)c1csc2ccccc12. The topological polar surface area (TPSA) is 32.3 Å². The molecule has 2 rings (SSSR count). The van der Waals surface area contributed by atoms with Crippen molar-refractivity contribution in [3.8, 4) is 0 Å². The van der Waals surface area contributed by atoms with Crippen molar-refractivity contribution >= 4 is 27.3 Å². The molecule has 1 aromatic heterocycles. The summed E-state index contributed by atoms with van der Waals surface area (Å²) in [5.74, 6) is 0.0179. The van der Waals surface area contributed by atoms with Crippen molar-refractivity contribution in [3.63, 3.8) is 0 Å². The zero-order valence-electron chi connectivity index (χ0n) is 10.1. The van der Waals surface area contributed by atoms with Crippen molar-refractivity contribution in [3.05, 3.63) is 35.2 Å². The molecule has 1 amide bonds. The van der Waals surface area contributed by atoms with Crippen LogP contribution >= 0.6 is 11.3 Å². The fraction of sp³-hybridized carbons (Fsp3) is 0.308. The van der Waals surface area contributed by atoms with E-state index in [0.717, 1.165) is 22.2 Å². The van der Waals surface area contributed by atoms with Gasteiger partial charge in [0.15, 0.2) is 0 Å². The van der Waals surface area contributed by atoms with E-state index >= 15 is 0 Å². The molecule has 4 heteroatoms. The molecule has 0 bridgehead atoms. The van der Waals surface area contributed by atoms with E-state index in [0.29, 0.717) is 6.54 Å². The van der Waals surface area contributed by atoms with Gasteiger partial charge in [0.25, 0.3) is 5.91 Å². The van der Waals surface area contributed by atoms with Gasteiger partial charge in [-0.3, -0.25) is 4.79 Å². The number of rotatable bonds is 4. The van der Waals surface area contributed by atoms with E-state index in [1.54, 1.807) is 11.3 Å². The Bertz CT molecular complexity index is 519. The van der Waals surface area contributed by atoms with Crippen LogP contribution in [-0.2, 0) is 0 Å². The van der Waals surface area contributed by atoms with Crippen LogP contribution < -0.4 is 5.32 Å². The van der Waals surface area contributed by atoms with Gasteiger partial charge in [0.2, 0.25) is 0 Å². The second kappa shape index (κ2) is 5.29. The summed E-state index contributed by atoms with van der Waals surface area (Å²) in [5.41, 5.74) is 0.782. The number of nitrogens with zero attached hydrogens (tertiary/aromatic N) is 1. The number of hydrogen-bond acceptors (Lipinski definition) is 3. The number of nitrogens with one attached hydrogen (secondary N) is 1. The minimum absolute atomic E-state index is 0.0179. The molecule has 2 aromatic rings. The van der Waals surface area contributed by atoms with E-state index in [9.17, 15) is 4.79 Å². The van der Waals surface area contributed by atoms with Crippen LogP contribution in [0.25, 0.3) is 10.1 Å². The summed E-state index contributed by atoms with van der Waals surface area (Å²) in [6.07, 6.45) is 0. The van der Waals surface area contributed by atoms with Crippen LogP contribution in [0, 0.1) is 0 Å². The van der Waals surface area contributed by atoms with Gasteiger partial charge in [-0.05, 0) is 20.2 Å². The van der Waals surface area contributed by atoms with Crippen LogP contribution in [-0.4, -0.2) is 38.0 Å². The fourth-order valence-corrected chi connectivity index (χ4v) is 2.58. The van der Waals surface area contributed by atoms with E-state index in [1.165, 1.54) is 0 Å². The van der Waals surface area contributed by atoms with Crippen molar-refractivity contribution in [2.75, 3.05) is 27.2 Å². The number of thiophene rings is 1. The van der Waals surface area contributed by atoms with Gasteiger partial charge in [-0.15, -0.1) is 11.3 Å². The lowest BCUT2D eigenvalue weighted by atomic mass is 10.1. The highest BCUT2D eigenvalue weighted by Crippen LogP contribution is 2.25. The Morgan fingerprint density at radius 1 is 1.35 bits per heavy atom. The van der Waals surface area contributed by atoms with Gasteiger partial charge in [0.1, 0.15) is 0 Å². The Kier molecular flexibility index (Phi) is 3.76. The van der Waals surface area contributed by atoms with Crippen LogP contribution in [0.4, 0.5) is 0 Å². The third-order valence-electron chi connectivity index (χ3n) is 2.57. The summed E-state index contributed by atoms with van der Waals surface area (Å²) < 4.78 is 1.16. The Morgan fingerprint density at radius 3 is 2.88 bits per heavy atom. The largest absolute Gasteiger partial charge is 0.351 e. The average molecular weight is 248 g/mol. The van der Waals surface area contributed by atoms with Crippen LogP contribution in [0.3, 0.4) is 0 Å². The summed E-state index contributed by atoms with van der Waals surface area (Å²) in [4.78, 5) is 14.0. The number of benzene rings is 1. The maximum absolute atomic E-state index is 12.0. The Balaban J connectivity index is 2.09. The smallest absolute Gasteiger partial charge is 0.252 e. The number of hydrogen-bond donors (Lipinski definition) is 1. The lowest BCUT2D eigenvalue weighted by molar-refractivity contribution is 0.0953. The van der Waals surface area contributed by atoms with Crippen molar-refractivity contribution in [2.45, 2.75) is 0 Å². The van der Waals surface area contributed by atoms with E-state index < -0.39 is 0 Å². The van der Waals surface area contributed by atoms with Crippen molar-refractivity contribution in [1.29, 1.82) is 0 Å². The van der Waals surface area contributed by atoms with Gasteiger partial charge in [0, 0.05) is 28.6 Å². The molecule has 0 unspecified atom stereocenters. The van der Waals surface area contributed by atoms with Gasteiger partial charge < -0.3 is 10.2 Å². The molecule has 1 N–H and O–H groups in total. The lowest BCUT2D eigenvalue weighted by Crippen LogP contribution is -2.31. The molecule has 17 heavy (non-hydrogen) atoms. The highest BCUT2D eigenvalue weighted by atomic mass is 32.1. The van der Waals surface area contributed by atoms with Gasteiger partial charge in [-0.2, -0.15) is 0 Å². The summed E-state index contributed by atoms with van der Waals surface area (Å²) in [7, 11) is 3.98. The molecule has 0 aliphatic heterocycles. The molecule has 0 radical (unpaired) electrons. The van der Waals surface area contributed by atoms with Gasteiger partial charge in [-0.25, -0.2) is 0 Å². The summed E-state index contributed by atoms with van der Waals surface area (Å²) in [6.45, 7) is 1.53. The molecule has 0 aliphatic carbocycles. The average Bonchev–Trinajstić information content (AvgIpc) is 2.72. The third kappa shape index (κ3) is 2.84. The third-order valence-corrected chi connectivity index (χ3v) is 3.53. The Labute approximate surface area is 105 Å². The van der Waals surface area contributed by atoms with E-state index in [-0.39, 0.29) is 5.91 Å². The second-order valence-corrected chi connectivity index (χ2v) is 5.12. The number of carbonyl (C=O) groups excluding carboxylic acids is 1. The lowest BCUT2D eigenvalue weighted by Gasteiger charge is -2.09. The first kappa shape index (κ1) is 12.1. The van der Waals surface area contributed by atoms with Crippen LogP contribution in [0.5, 0.6) is 0 Å². The number of fused-ring (bicyclic) bond motifs is 1. The highest BCUT2D eigenvalue weighted by Gasteiger charge is 2.10. The fourth-order valence-electron chi connectivity index (χ4n) is 1.64. The van der Waals surface area contributed by atoms with Gasteiger partial charge in [-0.1, -0.05) is 18.2 Å². The summed E-state index contributed by atoms with van der Waals surface area (Å²) >= 11 is 1.61. The molecule has 0 saturated heterocycles. The Hall–Kier alpha value is -1.39. The number of likely N-dealkylation sites (N-methyl/N-ethyl adjacent to an activating group) is 1. The molecule has 3 nitrogen and oxygen atoms in total. The molecule has 90 valence electrons. The summed E-state index contributed by atoms with van der Waals surface area (Å²) in [5, 5.41) is 5.90. The minimum Gasteiger partial charge on any atom is -0.351 e. The predicted molar refractivity (Wildman–Crippen MR) is 72.7 cm³/mol. The summed E-state index contributed by atoms with van der Waals surface area (Å²) in [6, 6.07) is 7.99. The van der Waals surface area contributed by atoms with E-state index in [4.69, 9.17) is 0 Å². The van der Waals surface area contributed by atoms with Crippen LogP contribution in [0.1, 0.15) is 10.4 Å². The van der Waals surface area contributed by atoms with E-state index in [2.05, 4.69) is 5.32 Å². The first-order valence-electron chi connectivity index (χ1n) is 5.57. The standard InChI is InChI=1S/C13H16N2OS/c1-15(2)8-7-14-13(16)11-9-17-12-6-4-3-5-10(11)12/h3-6,9H,7-8H2,1-2H3,(H,14,16).